The van der Waals surface area contributed by atoms with E-state index in [1.807, 2.05) is 67.6 Å². The fourth-order valence-electron chi connectivity index (χ4n) is 3.49. The van der Waals surface area contributed by atoms with Crippen molar-refractivity contribution < 1.29 is 9.59 Å². The summed E-state index contributed by atoms with van der Waals surface area (Å²) in [7, 11) is 0. The quantitative estimate of drug-likeness (QED) is 0.448. The zero-order valence-electron chi connectivity index (χ0n) is 20.8. The van der Waals surface area contributed by atoms with Crippen LogP contribution < -0.4 is 10.6 Å². The first kappa shape index (κ1) is 25.0. The molecule has 2 aromatic carbocycles. The molecule has 2 N–H and O–H groups in total. The van der Waals surface area contributed by atoms with E-state index in [0.29, 0.717) is 18.1 Å². The number of nitrogens with zero attached hydrogens (tertiary/aromatic N) is 3. The average Bonchev–Trinajstić information content (AvgIpc) is 3.21. The molecule has 7 nitrogen and oxygen atoms in total. The first-order chi connectivity index (χ1) is 16.2. The standard InChI is InChI=1S/C27H35N5O2/c1-6-7-16-31(26(34)28-21-13-11-12-20(2)17-21)19-25(33)29-24-18-23(27(3,4)5)30-32(24)22-14-9-8-10-15-22/h8-15,17-18H,6-7,16,19H2,1-5H3,(H,28,34)(H,29,33). The average molecular weight is 462 g/mol. The monoisotopic (exact) mass is 461 g/mol. The highest BCUT2D eigenvalue weighted by molar-refractivity contribution is 5.96. The van der Waals surface area contributed by atoms with Gasteiger partial charge in [0, 0.05) is 23.7 Å². The highest BCUT2D eigenvalue weighted by Gasteiger charge is 2.23. The van der Waals surface area contributed by atoms with E-state index in [4.69, 9.17) is 5.10 Å². The Morgan fingerprint density at radius 1 is 1.00 bits per heavy atom. The Morgan fingerprint density at radius 2 is 1.74 bits per heavy atom. The SMILES string of the molecule is CCCCN(CC(=O)Nc1cc(C(C)(C)C)nn1-c1ccccc1)C(=O)Nc1cccc(C)c1. The van der Waals surface area contributed by atoms with Gasteiger partial charge in [0.1, 0.15) is 12.4 Å². The molecular weight excluding hydrogens is 426 g/mol. The number of carbonyl (C=O) groups is 2. The lowest BCUT2D eigenvalue weighted by molar-refractivity contribution is -0.116. The van der Waals surface area contributed by atoms with Gasteiger partial charge in [-0.15, -0.1) is 0 Å². The molecule has 0 aliphatic carbocycles. The van der Waals surface area contributed by atoms with Crippen molar-refractivity contribution >= 4 is 23.4 Å². The number of hydrogen-bond donors (Lipinski definition) is 2. The molecule has 0 saturated heterocycles. The highest BCUT2D eigenvalue weighted by Crippen LogP contribution is 2.26. The minimum absolute atomic E-state index is 0.0531. The Balaban J connectivity index is 1.78. The van der Waals surface area contributed by atoms with E-state index in [1.54, 1.807) is 9.58 Å². The molecule has 0 fully saturated rings. The van der Waals surface area contributed by atoms with Crippen LogP contribution in [0.3, 0.4) is 0 Å². The summed E-state index contributed by atoms with van der Waals surface area (Å²) in [4.78, 5) is 27.6. The summed E-state index contributed by atoms with van der Waals surface area (Å²) < 4.78 is 1.74. The number of hydrogen-bond acceptors (Lipinski definition) is 3. The molecule has 3 aromatic rings. The first-order valence-electron chi connectivity index (χ1n) is 11.8. The summed E-state index contributed by atoms with van der Waals surface area (Å²) in [6.45, 7) is 10.7. The van der Waals surface area contributed by atoms with Crippen LogP contribution in [0, 0.1) is 6.92 Å². The number of para-hydroxylation sites is 1. The number of amides is 3. The van der Waals surface area contributed by atoms with Gasteiger partial charge in [0.25, 0.3) is 0 Å². The van der Waals surface area contributed by atoms with Crippen molar-refractivity contribution in [2.75, 3.05) is 23.7 Å². The Labute approximate surface area is 202 Å². The molecule has 1 heterocycles. The number of aromatic nitrogens is 2. The Morgan fingerprint density at radius 3 is 2.38 bits per heavy atom. The second-order valence-electron chi connectivity index (χ2n) is 9.54. The van der Waals surface area contributed by atoms with Crippen molar-refractivity contribution in [3.8, 4) is 5.69 Å². The van der Waals surface area contributed by atoms with E-state index < -0.39 is 0 Å². The number of benzene rings is 2. The van der Waals surface area contributed by atoms with Crippen LogP contribution in [-0.2, 0) is 10.2 Å². The van der Waals surface area contributed by atoms with Gasteiger partial charge in [-0.3, -0.25) is 4.79 Å². The molecular formula is C27H35N5O2. The molecule has 0 spiro atoms. The number of nitrogens with one attached hydrogen (secondary N) is 2. The maximum Gasteiger partial charge on any atom is 0.322 e. The van der Waals surface area contributed by atoms with Crippen LogP contribution >= 0.6 is 0 Å². The maximum atomic E-state index is 13.1. The lowest BCUT2D eigenvalue weighted by Crippen LogP contribution is -2.41. The van der Waals surface area contributed by atoms with Crippen molar-refractivity contribution in [1.82, 2.24) is 14.7 Å². The van der Waals surface area contributed by atoms with E-state index >= 15 is 0 Å². The minimum Gasteiger partial charge on any atom is -0.315 e. The molecule has 1 aromatic heterocycles. The predicted molar refractivity (Wildman–Crippen MR) is 138 cm³/mol. The second-order valence-corrected chi connectivity index (χ2v) is 9.54. The molecule has 3 amide bonds. The third-order valence-corrected chi connectivity index (χ3v) is 5.42. The van der Waals surface area contributed by atoms with Crippen LogP contribution in [0.1, 0.15) is 51.8 Å². The van der Waals surface area contributed by atoms with E-state index in [1.165, 1.54) is 0 Å². The van der Waals surface area contributed by atoms with Crippen LogP contribution in [0.25, 0.3) is 5.69 Å². The lowest BCUT2D eigenvalue weighted by atomic mass is 9.92. The molecule has 180 valence electrons. The molecule has 0 aliphatic rings. The Bertz CT molecular complexity index is 1120. The van der Waals surface area contributed by atoms with Crippen molar-refractivity contribution in [1.29, 1.82) is 0 Å². The number of anilines is 2. The fraction of sp³-hybridized carbons (Fsp3) is 0.370. The smallest absolute Gasteiger partial charge is 0.315 e. The number of unbranched alkanes of at least 4 members (excludes halogenated alkanes) is 1. The molecule has 0 aliphatic heterocycles. The predicted octanol–water partition coefficient (Wildman–Crippen LogP) is 5.75. The lowest BCUT2D eigenvalue weighted by Gasteiger charge is -2.22. The van der Waals surface area contributed by atoms with Crippen LogP contribution in [0.5, 0.6) is 0 Å². The van der Waals surface area contributed by atoms with Gasteiger partial charge in [0.15, 0.2) is 0 Å². The van der Waals surface area contributed by atoms with Crippen molar-refractivity contribution in [2.45, 2.75) is 52.9 Å². The van der Waals surface area contributed by atoms with Crippen molar-refractivity contribution in [3.63, 3.8) is 0 Å². The summed E-state index contributed by atoms with van der Waals surface area (Å²) in [6, 6.07) is 18.9. The molecule has 0 bridgehead atoms. The van der Waals surface area contributed by atoms with E-state index in [9.17, 15) is 9.59 Å². The van der Waals surface area contributed by atoms with Crippen LogP contribution in [0.2, 0.25) is 0 Å². The largest absolute Gasteiger partial charge is 0.322 e. The number of carbonyl (C=O) groups excluding carboxylic acids is 2. The van der Waals surface area contributed by atoms with E-state index in [-0.39, 0.29) is 23.9 Å². The van der Waals surface area contributed by atoms with Gasteiger partial charge in [-0.1, -0.05) is 64.4 Å². The zero-order valence-corrected chi connectivity index (χ0v) is 20.8. The molecule has 7 heteroatoms. The topological polar surface area (TPSA) is 79.3 Å². The van der Waals surface area contributed by atoms with Gasteiger partial charge < -0.3 is 15.5 Å². The van der Waals surface area contributed by atoms with Crippen LogP contribution in [0.4, 0.5) is 16.3 Å². The zero-order chi connectivity index (χ0) is 24.7. The van der Waals surface area contributed by atoms with Crippen LogP contribution in [-0.4, -0.2) is 39.7 Å². The second kappa shape index (κ2) is 11.0. The summed E-state index contributed by atoms with van der Waals surface area (Å²) in [6.07, 6.45) is 1.73. The van der Waals surface area contributed by atoms with Gasteiger partial charge in [0.05, 0.1) is 11.4 Å². The van der Waals surface area contributed by atoms with E-state index in [0.717, 1.165) is 29.8 Å². The fourth-order valence-corrected chi connectivity index (χ4v) is 3.49. The van der Waals surface area contributed by atoms with Gasteiger partial charge in [-0.25, -0.2) is 9.48 Å². The van der Waals surface area contributed by atoms with Gasteiger partial charge >= 0.3 is 6.03 Å². The molecule has 0 atom stereocenters. The van der Waals surface area contributed by atoms with Gasteiger partial charge in [-0.05, 0) is 43.2 Å². The third kappa shape index (κ3) is 6.70. The van der Waals surface area contributed by atoms with Crippen molar-refractivity contribution in [2.24, 2.45) is 0 Å². The summed E-state index contributed by atoms with van der Waals surface area (Å²) >= 11 is 0. The minimum atomic E-state index is -0.291. The normalized spacial score (nSPS) is 11.2. The van der Waals surface area contributed by atoms with Gasteiger partial charge in [0.2, 0.25) is 5.91 Å². The Hall–Kier alpha value is -3.61. The molecule has 34 heavy (non-hydrogen) atoms. The van der Waals surface area contributed by atoms with Gasteiger partial charge in [-0.2, -0.15) is 5.10 Å². The first-order valence-corrected chi connectivity index (χ1v) is 11.8. The molecule has 0 unspecified atom stereocenters. The number of aryl methyl sites for hydroxylation is 1. The van der Waals surface area contributed by atoms with Crippen molar-refractivity contribution in [3.05, 3.63) is 71.9 Å². The summed E-state index contributed by atoms with van der Waals surface area (Å²) in [5.41, 5.74) is 3.31. The molecule has 0 radical (unpaired) electrons. The maximum absolute atomic E-state index is 13.1. The number of urea groups is 1. The highest BCUT2D eigenvalue weighted by atomic mass is 16.2. The third-order valence-electron chi connectivity index (χ3n) is 5.42. The van der Waals surface area contributed by atoms with Crippen LogP contribution in [0.15, 0.2) is 60.7 Å². The summed E-state index contributed by atoms with van der Waals surface area (Å²) in [5.74, 6) is 0.309. The summed E-state index contributed by atoms with van der Waals surface area (Å²) in [5, 5.41) is 10.6. The Kier molecular flexibility index (Phi) is 8.10. The molecule has 0 saturated carbocycles. The molecule has 3 rings (SSSR count). The number of rotatable bonds is 8. The van der Waals surface area contributed by atoms with E-state index in [2.05, 4.69) is 38.3 Å².